The molecule has 5 heteroatoms. The minimum atomic E-state index is 0.196. The molecule has 0 radical (unpaired) electrons. The molecule has 3 atom stereocenters. The largest absolute Gasteiger partial charge is 0.335 e. The molecule has 1 aromatic carbocycles. The molecule has 0 spiro atoms. The molecule has 2 aliphatic heterocycles. The lowest BCUT2D eigenvalue weighted by Crippen LogP contribution is -2.34. The molecular formula is C22H30N4O. The Bertz CT molecular complexity index is 800. The van der Waals surface area contributed by atoms with E-state index >= 15 is 0 Å². The Hall–Kier alpha value is -2.14. The smallest absolute Gasteiger partial charge is 0.219 e. The van der Waals surface area contributed by atoms with Gasteiger partial charge in [-0.15, -0.1) is 0 Å². The number of likely N-dealkylation sites (tertiary alicyclic amines) is 2. The topological polar surface area (TPSA) is 41.4 Å². The molecule has 27 heavy (non-hydrogen) atoms. The van der Waals surface area contributed by atoms with Gasteiger partial charge in [-0.3, -0.25) is 14.4 Å². The summed E-state index contributed by atoms with van der Waals surface area (Å²) in [5.74, 6) is 1.27. The maximum Gasteiger partial charge on any atom is 0.219 e. The maximum absolute atomic E-state index is 12.2. The zero-order valence-corrected chi connectivity index (χ0v) is 16.6. The predicted octanol–water partition coefficient (Wildman–Crippen LogP) is 3.25. The number of nitrogens with zero attached hydrogens (tertiary/aromatic N) is 4. The fourth-order valence-corrected chi connectivity index (χ4v) is 4.99. The summed E-state index contributed by atoms with van der Waals surface area (Å²) in [7, 11) is 0. The van der Waals surface area contributed by atoms with Gasteiger partial charge in [-0.25, -0.2) is 0 Å². The van der Waals surface area contributed by atoms with Crippen LogP contribution in [0.2, 0.25) is 0 Å². The second kappa shape index (κ2) is 7.47. The van der Waals surface area contributed by atoms with Gasteiger partial charge in [0.1, 0.15) is 0 Å². The van der Waals surface area contributed by atoms with Gasteiger partial charge in [-0.1, -0.05) is 37.3 Å². The first-order valence-corrected chi connectivity index (χ1v) is 10.1. The quantitative estimate of drug-likeness (QED) is 0.816. The van der Waals surface area contributed by atoms with Crippen molar-refractivity contribution in [3.05, 3.63) is 53.3 Å². The number of amides is 1. The molecule has 0 saturated carbocycles. The lowest BCUT2D eigenvalue weighted by molar-refractivity contribution is -0.130. The van der Waals surface area contributed by atoms with Crippen molar-refractivity contribution in [2.75, 3.05) is 19.6 Å². The van der Waals surface area contributed by atoms with Gasteiger partial charge in [-0.2, -0.15) is 5.10 Å². The third-order valence-electron chi connectivity index (χ3n) is 6.32. The van der Waals surface area contributed by atoms with Crippen molar-refractivity contribution in [2.24, 2.45) is 11.8 Å². The third kappa shape index (κ3) is 3.41. The van der Waals surface area contributed by atoms with E-state index in [1.54, 1.807) is 6.92 Å². The lowest BCUT2D eigenvalue weighted by Gasteiger charge is -2.29. The van der Waals surface area contributed by atoms with E-state index in [1.807, 2.05) is 12.3 Å². The zero-order chi connectivity index (χ0) is 19.0. The van der Waals surface area contributed by atoms with Gasteiger partial charge in [0.25, 0.3) is 0 Å². The fourth-order valence-electron chi connectivity index (χ4n) is 4.99. The molecule has 1 aromatic heterocycles. The standard InChI is InChI=1S/C22H30N4O/c1-4-10-26-16(2)19(11-23-26)12-24-13-20-14-25(17(3)27)22(21(20)15-24)18-8-6-5-7-9-18/h5-9,11,20-22H,4,10,12-15H2,1-3H3/t20-,21-,22+/m1/s1. The molecule has 0 unspecified atom stereocenters. The van der Waals surface area contributed by atoms with Gasteiger partial charge in [0.15, 0.2) is 0 Å². The number of fused-ring (bicyclic) bond motifs is 1. The third-order valence-corrected chi connectivity index (χ3v) is 6.32. The number of hydrogen-bond acceptors (Lipinski definition) is 3. The average molecular weight is 367 g/mol. The molecule has 5 nitrogen and oxygen atoms in total. The molecule has 2 aliphatic rings. The highest BCUT2D eigenvalue weighted by molar-refractivity contribution is 5.74. The van der Waals surface area contributed by atoms with Crippen LogP contribution in [0.4, 0.5) is 0 Å². The first-order valence-electron chi connectivity index (χ1n) is 10.1. The van der Waals surface area contributed by atoms with Crippen LogP contribution < -0.4 is 0 Å². The molecule has 2 saturated heterocycles. The summed E-state index contributed by atoms with van der Waals surface area (Å²) in [5, 5.41) is 4.55. The van der Waals surface area contributed by atoms with Gasteiger partial charge in [0, 0.05) is 56.8 Å². The van der Waals surface area contributed by atoms with Crippen LogP contribution in [0.15, 0.2) is 36.5 Å². The SMILES string of the molecule is CCCn1ncc(CN2C[C@@H]3CN(C(C)=O)[C@@H](c4ccccc4)[C@@H]3C2)c1C. The summed E-state index contributed by atoms with van der Waals surface area (Å²) >= 11 is 0. The Morgan fingerprint density at radius 3 is 2.67 bits per heavy atom. The van der Waals surface area contributed by atoms with E-state index in [4.69, 9.17) is 0 Å². The Kier molecular flexibility index (Phi) is 5.04. The van der Waals surface area contributed by atoms with Crippen LogP contribution in [-0.2, 0) is 17.9 Å². The van der Waals surface area contributed by atoms with Crippen LogP contribution >= 0.6 is 0 Å². The van der Waals surface area contributed by atoms with E-state index in [9.17, 15) is 4.79 Å². The molecule has 3 heterocycles. The fraction of sp³-hybridized carbons (Fsp3) is 0.545. The van der Waals surface area contributed by atoms with Crippen LogP contribution in [0.1, 0.15) is 43.1 Å². The Morgan fingerprint density at radius 1 is 1.19 bits per heavy atom. The zero-order valence-electron chi connectivity index (χ0n) is 16.6. The van der Waals surface area contributed by atoms with Crippen LogP contribution in [0.3, 0.4) is 0 Å². The van der Waals surface area contributed by atoms with Crippen molar-refractivity contribution in [1.82, 2.24) is 19.6 Å². The summed E-state index contributed by atoms with van der Waals surface area (Å²) in [6.07, 6.45) is 3.14. The van der Waals surface area contributed by atoms with E-state index in [-0.39, 0.29) is 11.9 Å². The molecular weight excluding hydrogens is 336 g/mol. The van der Waals surface area contributed by atoms with Crippen LogP contribution in [0.5, 0.6) is 0 Å². The number of aryl methyl sites for hydroxylation is 1. The summed E-state index contributed by atoms with van der Waals surface area (Å²) in [5.41, 5.74) is 3.90. The molecule has 144 valence electrons. The van der Waals surface area contributed by atoms with Crippen molar-refractivity contribution in [2.45, 2.75) is 46.3 Å². The first-order chi connectivity index (χ1) is 13.1. The van der Waals surface area contributed by atoms with Crippen LogP contribution in [0, 0.1) is 18.8 Å². The lowest BCUT2D eigenvalue weighted by atomic mass is 9.89. The Labute approximate surface area is 162 Å². The van der Waals surface area contributed by atoms with E-state index in [0.29, 0.717) is 11.8 Å². The molecule has 1 amide bonds. The predicted molar refractivity (Wildman–Crippen MR) is 106 cm³/mol. The van der Waals surface area contributed by atoms with Gasteiger partial charge in [0.2, 0.25) is 5.91 Å². The van der Waals surface area contributed by atoms with Crippen LogP contribution in [-0.4, -0.2) is 45.1 Å². The second-order valence-electron chi connectivity index (χ2n) is 8.12. The summed E-state index contributed by atoms with van der Waals surface area (Å²) in [6.45, 7) is 11.0. The van der Waals surface area contributed by atoms with E-state index in [0.717, 1.165) is 39.1 Å². The maximum atomic E-state index is 12.2. The van der Waals surface area contributed by atoms with E-state index < -0.39 is 0 Å². The van der Waals surface area contributed by atoms with Gasteiger partial charge in [0.05, 0.1) is 12.2 Å². The molecule has 2 fully saturated rings. The summed E-state index contributed by atoms with van der Waals surface area (Å²) in [6, 6.07) is 10.8. The first kappa shape index (κ1) is 18.2. The van der Waals surface area contributed by atoms with Crippen molar-refractivity contribution in [3.8, 4) is 0 Å². The minimum absolute atomic E-state index is 0.196. The Balaban J connectivity index is 1.50. The monoisotopic (exact) mass is 366 g/mol. The summed E-state index contributed by atoms with van der Waals surface area (Å²) < 4.78 is 2.12. The number of carbonyl (C=O) groups is 1. The van der Waals surface area contributed by atoms with Gasteiger partial charge < -0.3 is 4.90 Å². The van der Waals surface area contributed by atoms with E-state index in [1.165, 1.54) is 16.8 Å². The minimum Gasteiger partial charge on any atom is -0.335 e. The molecule has 0 aliphatic carbocycles. The molecule has 0 bridgehead atoms. The van der Waals surface area contributed by atoms with E-state index in [2.05, 4.69) is 57.7 Å². The number of aromatic nitrogens is 2. The normalized spacial score (nSPS) is 25.1. The summed E-state index contributed by atoms with van der Waals surface area (Å²) in [4.78, 5) is 16.9. The molecule has 4 rings (SSSR count). The highest BCUT2D eigenvalue weighted by atomic mass is 16.2. The number of hydrogen-bond donors (Lipinski definition) is 0. The highest BCUT2D eigenvalue weighted by Crippen LogP contribution is 2.45. The number of benzene rings is 1. The van der Waals surface area contributed by atoms with Gasteiger partial charge >= 0.3 is 0 Å². The number of rotatable bonds is 5. The van der Waals surface area contributed by atoms with Gasteiger partial charge in [-0.05, 0) is 24.8 Å². The molecule has 2 aromatic rings. The number of carbonyl (C=O) groups excluding carboxylic acids is 1. The second-order valence-corrected chi connectivity index (χ2v) is 8.12. The van der Waals surface area contributed by atoms with Crippen molar-refractivity contribution in [3.63, 3.8) is 0 Å². The average Bonchev–Trinajstić information content (AvgIpc) is 3.31. The van der Waals surface area contributed by atoms with Crippen LogP contribution in [0.25, 0.3) is 0 Å². The van der Waals surface area contributed by atoms with Crippen molar-refractivity contribution >= 4 is 5.91 Å². The van der Waals surface area contributed by atoms with Crippen molar-refractivity contribution < 1.29 is 4.79 Å². The highest BCUT2D eigenvalue weighted by Gasteiger charge is 2.48. The van der Waals surface area contributed by atoms with Crippen molar-refractivity contribution in [1.29, 1.82) is 0 Å². The molecule has 0 N–H and O–H groups in total. The Morgan fingerprint density at radius 2 is 1.96 bits per heavy atom.